The maximum absolute atomic E-state index is 11.5. The van der Waals surface area contributed by atoms with E-state index in [2.05, 4.69) is 27.7 Å². The van der Waals surface area contributed by atoms with Crippen LogP contribution in [-0.2, 0) is 19.0 Å². The highest BCUT2D eigenvalue weighted by atomic mass is 16.7. The zero-order valence-corrected chi connectivity index (χ0v) is 21.6. The van der Waals surface area contributed by atoms with Gasteiger partial charge < -0.3 is 14.2 Å². The molecular formula is C29H46O4. The molecule has 0 aromatic rings. The summed E-state index contributed by atoms with van der Waals surface area (Å²) in [6.45, 7) is 12.4. The minimum atomic E-state index is -0.300. The Kier molecular flexibility index (Phi) is 5.32. The fourth-order valence-electron chi connectivity index (χ4n) is 10.6. The van der Waals surface area contributed by atoms with Crippen LogP contribution in [0.25, 0.3) is 0 Å². The van der Waals surface area contributed by atoms with Crippen LogP contribution < -0.4 is 0 Å². The Hall–Kier alpha value is -0.610. The minimum absolute atomic E-state index is 0.105. The summed E-state index contributed by atoms with van der Waals surface area (Å²) in [4.78, 5) is 11.5. The van der Waals surface area contributed by atoms with Crippen LogP contribution in [0.1, 0.15) is 98.8 Å². The van der Waals surface area contributed by atoms with Crippen molar-refractivity contribution in [1.29, 1.82) is 0 Å². The molecule has 0 N–H and O–H groups in total. The number of carbonyl (C=O) groups excluding carboxylic acids is 1. The molecule has 0 radical (unpaired) electrons. The third kappa shape index (κ3) is 3.25. The average molecular weight is 459 g/mol. The first-order chi connectivity index (χ1) is 15.7. The highest BCUT2D eigenvalue weighted by molar-refractivity contribution is 5.66. The van der Waals surface area contributed by atoms with Crippen LogP contribution in [-0.4, -0.2) is 30.6 Å². The maximum atomic E-state index is 11.5. The zero-order chi connectivity index (χ0) is 23.2. The molecule has 6 fully saturated rings. The molecule has 0 amide bonds. The van der Waals surface area contributed by atoms with Crippen molar-refractivity contribution in [3.63, 3.8) is 0 Å². The number of hydrogen-bond donors (Lipinski definition) is 0. The first-order valence-electron chi connectivity index (χ1n) is 14.2. The Balaban J connectivity index is 1.21. The van der Waals surface area contributed by atoms with Crippen molar-refractivity contribution in [2.45, 2.75) is 117 Å². The summed E-state index contributed by atoms with van der Waals surface area (Å²) in [6.07, 6.45) is 12.9. The molecular weight excluding hydrogens is 412 g/mol. The monoisotopic (exact) mass is 458 g/mol. The summed E-state index contributed by atoms with van der Waals surface area (Å²) in [5, 5.41) is 0. The predicted molar refractivity (Wildman–Crippen MR) is 127 cm³/mol. The number of hydrogen-bond acceptors (Lipinski definition) is 4. The van der Waals surface area contributed by atoms with Crippen molar-refractivity contribution in [2.24, 2.45) is 52.3 Å². The van der Waals surface area contributed by atoms with E-state index in [9.17, 15) is 4.79 Å². The third-order valence-electron chi connectivity index (χ3n) is 12.2. The fraction of sp³-hybridized carbons (Fsp3) is 0.966. The van der Waals surface area contributed by atoms with Gasteiger partial charge in [0.2, 0.25) is 0 Å². The largest absolute Gasteiger partial charge is 0.463 e. The van der Waals surface area contributed by atoms with Gasteiger partial charge in [0.25, 0.3) is 0 Å². The van der Waals surface area contributed by atoms with Crippen molar-refractivity contribution in [1.82, 2.24) is 0 Å². The lowest BCUT2D eigenvalue weighted by Crippen LogP contribution is -2.55. The van der Waals surface area contributed by atoms with E-state index >= 15 is 0 Å². The van der Waals surface area contributed by atoms with Gasteiger partial charge in [0.1, 0.15) is 6.10 Å². The first kappa shape index (κ1) is 22.8. The molecule has 186 valence electrons. The Labute approximate surface area is 200 Å². The van der Waals surface area contributed by atoms with E-state index in [0.717, 1.165) is 49.5 Å². The number of fused-ring (bicyclic) bond motifs is 7. The Morgan fingerprint density at radius 2 is 1.70 bits per heavy atom. The van der Waals surface area contributed by atoms with Gasteiger partial charge in [-0.15, -0.1) is 0 Å². The second kappa shape index (κ2) is 7.69. The van der Waals surface area contributed by atoms with E-state index in [1.807, 2.05) is 0 Å². The summed E-state index contributed by atoms with van der Waals surface area (Å²) in [7, 11) is 0. The second-order valence-corrected chi connectivity index (χ2v) is 13.7. The molecule has 6 rings (SSSR count). The van der Waals surface area contributed by atoms with E-state index in [1.54, 1.807) is 6.92 Å². The third-order valence-corrected chi connectivity index (χ3v) is 12.2. The Bertz CT molecular complexity index is 786. The lowest BCUT2D eigenvalue weighted by Gasteiger charge is -2.61. The Morgan fingerprint density at radius 3 is 2.42 bits per heavy atom. The standard InChI is InChI=1S/C29H46O4/c1-17-8-13-29(31-16-17)18(2)26-25(33-29)15-24-22-7-6-20-14-21(32-19(3)30)9-11-27(20,4)23(22)10-12-28(24,26)5/h17-18,20-26H,6-16H2,1-5H3/t17-,18+,20-,21+,22+,23+,24+,25-,26+,27-,28+,29+/m0/s1. The normalized spacial score (nSPS) is 57.7. The summed E-state index contributed by atoms with van der Waals surface area (Å²) in [5.74, 6) is 4.63. The van der Waals surface area contributed by atoms with Crippen LogP contribution >= 0.6 is 0 Å². The highest BCUT2D eigenvalue weighted by Gasteiger charge is 2.69. The molecule has 4 heteroatoms. The van der Waals surface area contributed by atoms with Crippen LogP contribution in [0.5, 0.6) is 0 Å². The molecule has 0 unspecified atom stereocenters. The van der Waals surface area contributed by atoms with Crippen LogP contribution in [0.3, 0.4) is 0 Å². The van der Waals surface area contributed by atoms with Gasteiger partial charge in [-0.05, 0) is 104 Å². The van der Waals surface area contributed by atoms with Crippen molar-refractivity contribution < 1.29 is 19.0 Å². The van der Waals surface area contributed by atoms with Gasteiger partial charge in [-0.3, -0.25) is 4.79 Å². The molecule has 0 bridgehead atoms. The van der Waals surface area contributed by atoms with Gasteiger partial charge >= 0.3 is 5.97 Å². The first-order valence-corrected chi connectivity index (χ1v) is 14.2. The van der Waals surface area contributed by atoms with E-state index in [-0.39, 0.29) is 17.9 Å². The van der Waals surface area contributed by atoms with Crippen molar-refractivity contribution in [3.8, 4) is 0 Å². The van der Waals surface area contributed by atoms with Gasteiger partial charge in [0.05, 0.1) is 12.7 Å². The van der Waals surface area contributed by atoms with Crippen LogP contribution in [0.2, 0.25) is 0 Å². The van der Waals surface area contributed by atoms with E-state index < -0.39 is 0 Å². The van der Waals surface area contributed by atoms with Crippen molar-refractivity contribution in [3.05, 3.63) is 0 Å². The maximum Gasteiger partial charge on any atom is 0.302 e. The zero-order valence-electron chi connectivity index (χ0n) is 21.6. The molecule has 2 saturated heterocycles. The van der Waals surface area contributed by atoms with E-state index in [0.29, 0.717) is 34.7 Å². The number of carbonyl (C=O) groups is 1. The highest BCUT2D eigenvalue weighted by Crippen LogP contribution is 2.71. The molecule has 4 nitrogen and oxygen atoms in total. The van der Waals surface area contributed by atoms with Gasteiger partial charge in [-0.2, -0.15) is 0 Å². The lowest BCUT2D eigenvalue weighted by atomic mass is 9.44. The van der Waals surface area contributed by atoms with E-state index in [4.69, 9.17) is 14.2 Å². The van der Waals surface area contributed by atoms with Crippen LogP contribution in [0.15, 0.2) is 0 Å². The molecule has 2 heterocycles. The SMILES string of the molecule is CC(=O)O[C@@H]1CC[C@@]2(C)[C@@H](CC[C@@H]3[C@H]2CC[C@@]2(C)[C@H]4[C@H](C[C@H]32)O[C@]2(CC[C@H](C)CO2)[C@@H]4C)C1. The van der Waals surface area contributed by atoms with Gasteiger partial charge in [0, 0.05) is 19.3 Å². The Morgan fingerprint density at radius 1 is 0.909 bits per heavy atom. The van der Waals surface area contributed by atoms with Crippen molar-refractivity contribution in [2.75, 3.05) is 6.61 Å². The van der Waals surface area contributed by atoms with Gasteiger partial charge in [-0.1, -0.05) is 27.7 Å². The summed E-state index contributed by atoms with van der Waals surface area (Å²) < 4.78 is 19.1. The average Bonchev–Trinajstić information content (AvgIpc) is 3.21. The molecule has 6 aliphatic rings. The molecule has 33 heavy (non-hydrogen) atoms. The summed E-state index contributed by atoms with van der Waals surface area (Å²) in [6, 6.07) is 0. The van der Waals surface area contributed by atoms with Crippen molar-refractivity contribution >= 4 is 5.97 Å². The van der Waals surface area contributed by atoms with Crippen LogP contribution in [0.4, 0.5) is 0 Å². The number of esters is 1. The quantitative estimate of drug-likeness (QED) is 0.429. The number of ether oxygens (including phenoxy) is 3. The van der Waals surface area contributed by atoms with E-state index in [1.165, 1.54) is 44.9 Å². The smallest absolute Gasteiger partial charge is 0.302 e. The second-order valence-electron chi connectivity index (χ2n) is 13.7. The molecule has 1 spiro atoms. The van der Waals surface area contributed by atoms with Gasteiger partial charge in [-0.25, -0.2) is 0 Å². The molecule has 2 aliphatic heterocycles. The fourth-order valence-corrected chi connectivity index (χ4v) is 10.6. The molecule has 12 atom stereocenters. The number of rotatable bonds is 1. The summed E-state index contributed by atoms with van der Waals surface area (Å²) >= 11 is 0. The van der Waals surface area contributed by atoms with Gasteiger partial charge in [0.15, 0.2) is 5.79 Å². The molecule has 4 aliphatic carbocycles. The minimum Gasteiger partial charge on any atom is -0.463 e. The molecule has 4 saturated carbocycles. The topological polar surface area (TPSA) is 44.8 Å². The van der Waals surface area contributed by atoms with Crippen LogP contribution in [0, 0.1) is 52.3 Å². The molecule has 0 aromatic heterocycles. The molecule has 0 aromatic carbocycles. The summed E-state index contributed by atoms with van der Waals surface area (Å²) in [5.41, 5.74) is 0.828. The predicted octanol–water partition coefficient (Wildman–Crippen LogP) is 6.36. The lowest BCUT2D eigenvalue weighted by molar-refractivity contribution is -0.273.